The quantitative estimate of drug-likeness (QED) is 0.0437. The molecule has 0 spiro atoms. The summed E-state index contributed by atoms with van der Waals surface area (Å²) >= 11 is 0. The highest BCUT2D eigenvalue weighted by atomic mass is 19.1. The van der Waals surface area contributed by atoms with E-state index in [-0.39, 0.29) is 30.3 Å². The number of aromatic nitrogens is 18. The number of amides is 4. The zero-order valence-corrected chi connectivity index (χ0v) is 72.8. The van der Waals surface area contributed by atoms with Crippen molar-refractivity contribution < 1.29 is 28.3 Å². The molecule has 8 aliphatic rings. The van der Waals surface area contributed by atoms with Gasteiger partial charge in [0.2, 0.25) is 17.7 Å². The van der Waals surface area contributed by atoms with Crippen LogP contribution in [0.15, 0.2) is 244 Å². The molecule has 28 heteroatoms. The molecule has 8 aliphatic heterocycles. The second kappa shape index (κ2) is 36.6. The molecule has 12 atom stereocenters. The fraction of sp³-hybridized carbons (Fsp3) is 0.353. The third-order valence-electron chi connectivity index (χ3n) is 28.9. The number of nitrogens with zero attached hydrogens (tertiary/aromatic N) is 18. The minimum atomic E-state index is -0.247. The molecule has 4 aromatic carbocycles. The van der Waals surface area contributed by atoms with Gasteiger partial charge in [-0.2, -0.15) is 41.0 Å². The first-order chi connectivity index (χ1) is 63.8. The molecule has 0 radical (unpaired) electrons. The van der Waals surface area contributed by atoms with Gasteiger partial charge in [0.15, 0.2) is 6.61 Å². The molecule has 8 bridgehead atoms. The molecule has 4 amide bonds. The summed E-state index contributed by atoms with van der Waals surface area (Å²) in [5.41, 5.74) is 20.0. The van der Waals surface area contributed by atoms with Crippen LogP contribution in [0, 0.1) is 36.4 Å². The van der Waals surface area contributed by atoms with E-state index in [1.54, 1.807) is 30.9 Å². The molecule has 12 unspecified atom stereocenters. The highest BCUT2D eigenvalue weighted by molar-refractivity contribution is 5.84. The number of nitrogens with one attached hydrogen (secondary N) is 4. The highest BCUT2D eigenvalue weighted by Gasteiger charge is 2.52. The molecule has 660 valence electrons. The van der Waals surface area contributed by atoms with Crippen molar-refractivity contribution in [2.75, 3.05) is 6.61 Å². The standard InChI is InChI=1S/C27H29N5O.C25H25FN6O.C25H26N6O.C25H25N5O2/c1-18-4-2-3-5-19(18)6-11-27(33)32-22-7-9-25(32)20(14-22)17-31-13-12-24-26(31)10-8-23(30-24)21-15-28-29-16-21;26-18-3-1-2-16(12-18)4-9-25(33)32-19-5-7-23(32)17(13-19)15-31-11-10-21-24(31)8-6-20(28-21)22-14-27-30-29-22;32-25(11-6-17-4-2-1-3-5-17)31-19-7-9-23(31)18(14-19)16-30-13-12-21-24(30)10-8-20(27-21)22-15-26-29-28-22;31-25(16-32-20-4-2-1-3-5-20)30-19-6-8-23(30)17(12-19)15-29-11-10-22-24(29)9-7-21(28-22)18-13-26-27-14-18/h2-5,8,10,12-13,15-16,20,22,25H,6-7,9,11,14,17H2,1H3,(H,28,29);1-3,6,8,10-12,14,17,19,23H,4-5,7,9,13,15H2,(H,27,29,30);1-5,8,10,12-13,15,18-19,23H,6-7,9,11,14,16H2,(H,26,28,29);1-5,7,9-11,13-14,17,19,23H,6,8,12,15-16H2,(H,26,27). The van der Waals surface area contributed by atoms with Crippen LogP contribution in [0.2, 0.25) is 0 Å². The maximum absolute atomic E-state index is 13.5. The normalized spacial score (nSPS) is 22.0. The van der Waals surface area contributed by atoms with Crippen LogP contribution in [0.4, 0.5) is 4.39 Å². The predicted molar refractivity (Wildman–Crippen MR) is 493 cm³/mol. The number of H-pyrrole nitrogens is 4. The number of carbonyl (C=O) groups excluding carboxylic acids is 4. The van der Waals surface area contributed by atoms with Crippen molar-refractivity contribution in [2.45, 2.75) is 197 Å². The van der Waals surface area contributed by atoms with Gasteiger partial charge in [-0.25, -0.2) is 24.3 Å². The second-order valence-electron chi connectivity index (χ2n) is 36.5. The largest absolute Gasteiger partial charge is 0.484 e. The van der Waals surface area contributed by atoms with Gasteiger partial charge in [-0.1, -0.05) is 84.9 Å². The smallest absolute Gasteiger partial charge is 0.261 e. The topological polar surface area (TPSA) is 302 Å². The molecule has 0 saturated carbocycles. The SMILES string of the molecule is Cc1ccccc1CCC(=O)N1C2CCC1C(Cn1ccc3nc(-c4cn[nH]c4)ccc31)C2.O=C(CCc1cccc(F)c1)N1C2CCC1C(Cn1ccc3nc(-c4cn[nH]n4)ccc31)C2.O=C(CCc1ccccc1)N1C2CCC1C(Cn1ccc3nc(-c4cn[nH]n4)ccc31)C2.O=C(COc1ccccc1)N1C2CCC1C(Cn1ccc3nc(-c4cn[nH]c4)ccc31)C2. The molecule has 8 saturated heterocycles. The zero-order valence-electron chi connectivity index (χ0n) is 72.8. The number of carbonyl (C=O) groups is 4. The van der Waals surface area contributed by atoms with Gasteiger partial charge in [-0.3, -0.25) is 29.4 Å². The molecule has 12 aromatic heterocycles. The van der Waals surface area contributed by atoms with Crippen molar-refractivity contribution in [2.24, 2.45) is 23.7 Å². The van der Waals surface area contributed by atoms with Crippen molar-refractivity contribution in [1.29, 1.82) is 0 Å². The van der Waals surface area contributed by atoms with E-state index in [2.05, 4.69) is 206 Å². The molecular weight excluding hydrogens is 1630 g/mol. The first-order valence-electron chi connectivity index (χ1n) is 46.1. The Bertz CT molecular complexity index is 6450. The van der Waals surface area contributed by atoms with Crippen LogP contribution < -0.4 is 4.74 Å². The summed E-state index contributed by atoms with van der Waals surface area (Å²) in [6.07, 6.45) is 36.2. The molecule has 16 aromatic rings. The molecule has 0 aliphatic carbocycles. The number of pyridine rings is 4. The molecule has 20 heterocycles. The molecular formula is C102H105FN22O5. The third kappa shape index (κ3) is 17.2. The molecule has 8 fully saturated rings. The third-order valence-corrected chi connectivity index (χ3v) is 28.9. The van der Waals surface area contributed by atoms with Crippen LogP contribution in [0.25, 0.3) is 89.4 Å². The van der Waals surface area contributed by atoms with Gasteiger partial charge in [0, 0.05) is 142 Å². The lowest BCUT2D eigenvalue weighted by molar-refractivity contribution is -0.135. The van der Waals surface area contributed by atoms with E-state index in [0.29, 0.717) is 103 Å². The van der Waals surface area contributed by atoms with Gasteiger partial charge in [-0.15, -0.1) is 0 Å². The van der Waals surface area contributed by atoms with Crippen LogP contribution in [0.1, 0.15) is 119 Å². The van der Waals surface area contributed by atoms with E-state index in [9.17, 15) is 23.6 Å². The minimum Gasteiger partial charge on any atom is -0.484 e. The number of ether oxygens (including phenoxy) is 1. The second-order valence-corrected chi connectivity index (χ2v) is 36.5. The van der Waals surface area contributed by atoms with E-state index in [0.717, 1.165) is 217 Å². The first kappa shape index (κ1) is 82.9. The number of fused-ring (bicyclic) bond motifs is 12. The number of aryl methyl sites for hydroxylation is 4. The lowest BCUT2D eigenvalue weighted by Gasteiger charge is -2.25. The Morgan fingerprint density at radius 1 is 0.377 bits per heavy atom. The predicted octanol–water partition coefficient (Wildman–Crippen LogP) is 16.4. The monoisotopic (exact) mass is 1740 g/mol. The van der Waals surface area contributed by atoms with Crippen LogP contribution in [-0.4, -0.2) is 188 Å². The minimum absolute atomic E-state index is 0.104. The fourth-order valence-electron chi connectivity index (χ4n) is 22.9. The first-order valence-corrected chi connectivity index (χ1v) is 46.1. The van der Waals surface area contributed by atoms with E-state index < -0.39 is 0 Å². The Hall–Kier alpha value is -14.1. The van der Waals surface area contributed by atoms with Gasteiger partial charge < -0.3 is 42.6 Å². The van der Waals surface area contributed by atoms with Crippen molar-refractivity contribution >= 4 is 67.8 Å². The van der Waals surface area contributed by atoms with Crippen molar-refractivity contribution in [3.05, 3.63) is 272 Å². The molecule has 24 rings (SSSR count). The maximum atomic E-state index is 13.5. The Labute approximate surface area is 751 Å². The van der Waals surface area contributed by atoms with E-state index in [4.69, 9.17) is 24.7 Å². The lowest BCUT2D eigenvalue weighted by atomic mass is 9.89. The molecule has 130 heavy (non-hydrogen) atoms. The fourth-order valence-corrected chi connectivity index (χ4v) is 22.9. The van der Waals surface area contributed by atoms with Gasteiger partial charge in [0.05, 0.1) is 91.7 Å². The highest BCUT2D eigenvalue weighted by Crippen LogP contribution is 2.48. The van der Waals surface area contributed by atoms with Gasteiger partial charge in [0.25, 0.3) is 5.91 Å². The van der Waals surface area contributed by atoms with Crippen molar-refractivity contribution in [3.8, 4) is 51.0 Å². The van der Waals surface area contributed by atoms with E-state index >= 15 is 0 Å². The van der Waals surface area contributed by atoms with Crippen LogP contribution in [-0.2, 0) is 64.6 Å². The molecule has 27 nitrogen and oxygen atoms in total. The average Bonchev–Trinajstić information content (AvgIpc) is 1.62. The number of rotatable bonds is 24. The van der Waals surface area contributed by atoms with Crippen LogP contribution >= 0.6 is 0 Å². The Morgan fingerprint density at radius 3 is 1.17 bits per heavy atom. The van der Waals surface area contributed by atoms with Crippen LogP contribution in [0.3, 0.4) is 0 Å². The summed E-state index contributed by atoms with van der Waals surface area (Å²) < 4.78 is 28.4. The van der Waals surface area contributed by atoms with Crippen LogP contribution in [0.5, 0.6) is 5.75 Å². The number of aromatic amines is 4. The number of halogens is 1. The Balaban J connectivity index is 0.000000105. The van der Waals surface area contributed by atoms with Gasteiger partial charge >= 0.3 is 0 Å². The summed E-state index contributed by atoms with van der Waals surface area (Å²) in [7, 11) is 0. The van der Waals surface area contributed by atoms with E-state index in [1.165, 1.54) is 28.8 Å². The Morgan fingerprint density at radius 2 is 0.762 bits per heavy atom. The lowest BCUT2D eigenvalue weighted by Crippen LogP contribution is -2.40. The summed E-state index contributed by atoms with van der Waals surface area (Å²) in [6.45, 7) is 5.89. The summed E-state index contributed by atoms with van der Waals surface area (Å²) in [4.78, 5) is 80.1. The Kier molecular flexibility index (Phi) is 23.3. The van der Waals surface area contributed by atoms with Gasteiger partial charge in [-0.05, 0) is 246 Å². The summed E-state index contributed by atoms with van der Waals surface area (Å²) in [5, 5.41) is 35.0. The van der Waals surface area contributed by atoms with Crippen molar-refractivity contribution in [1.82, 2.24) is 109 Å². The zero-order chi connectivity index (χ0) is 87.7. The number of hydrogen-bond donors (Lipinski definition) is 4. The van der Waals surface area contributed by atoms with Crippen molar-refractivity contribution in [3.63, 3.8) is 0 Å². The maximum Gasteiger partial charge on any atom is 0.261 e. The summed E-state index contributed by atoms with van der Waals surface area (Å²) in [6, 6.07) is 62.5. The number of hydrogen-bond acceptors (Lipinski definition) is 15. The number of benzene rings is 4. The van der Waals surface area contributed by atoms with E-state index in [1.807, 2.05) is 91.3 Å². The summed E-state index contributed by atoms with van der Waals surface area (Å²) in [5.74, 6) is 3.35. The average molecular weight is 1740 g/mol. The number of para-hydroxylation sites is 1. The molecule has 4 N–H and O–H groups in total. The van der Waals surface area contributed by atoms with Gasteiger partial charge in [0.1, 0.15) is 23.0 Å².